The van der Waals surface area contributed by atoms with Crippen LogP contribution < -0.4 is 11.2 Å². The van der Waals surface area contributed by atoms with Gasteiger partial charge >= 0.3 is 26.3 Å². The average molecular weight is 569 g/mol. The van der Waals surface area contributed by atoms with E-state index in [2.05, 4.69) is 9.68 Å². The molecule has 202 valence electrons. The van der Waals surface area contributed by atoms with Gasteiger partial charge in [-0.3, -0.25) is 23.1 Å². The lowest BCUT2D eigenvalue weighted by Gasteiger charge is -2.24. The van der Waals surface area contributed by atoms with Gasteiger partial charge in [-0.2, -0.15) is 8.78 Å². The Bertz CT molecular complexity index is 1530. The molecule has 5 atom stereocenters. The van der Waals surface area contributed by atoms with Crippen LogP contribution in [-0.4, -0.2) is 69.5 Å². The van der Waals surface area contributed by atoms with E-state index in [4.69, 9.17) is 19.0 Å². The molecule has 0 aliphatic carbocycles. The highest BCUT2D eigenvalue weighted by atomic mass is 31.2. The number of nitrogens with zero attached hydrogens (tertiary/aromatic N) is 3. The van der Waals surface area contributed by atoms with E-state index in [-0.39, 0.29) is 12.2 Å². The first-order valence-electron chi connectivity index (χ1n) is 10.2. The van der Waals surface area contributed by atoms with Crippen molar-refractivity contribution < 1.29 is 56.6 Å². The van der Waals surface area contributed by atoms with E-state index in [1.54, 1.807) is 24.3 Å². The molecule has 3 aromatic rings. The van der Waals surface area contributed by atoms with Gasteiger partial charge in [0.15, 0.2) is 11.8 Å². The van der Waals surface area contributed by atoms with Crippen molar-refractivity contribution in [1.82, 2.24) is 14.3 Å². The van der Waals surface area contributed by atoms with Gasteiger partial charge in [0.1, 0.15) is 24.0 Å². The Balaban J connectivity index is 1.57. The lowest BCUT2D eigenvalue weighted by Crippen LogP contribution is -2.43. The summed E-state index contributed by atoms with van der Waals surface area (Å²) in [5.41, 5.74) is -1.16. The summed E-state index contributed by atoms with van der Waals surface area (Å²) in [6.45, 7) is -1.67. The molecule has 0 saturated carbocycles. The van der Waals surface area contributed by atoms with Gasteiger partial charge in [-0.1, -0.05) is 17.3 Å². The van der Waals surface area contributed by atoms with Gasteiger partial charge in [-0.25, -0.2) is 4.79 Å². The van der Waals surface area contributed by atoms with E-state index >= 15 is 0 Å². The van der Waals surface area contributed by atoms with E-state index < -0.39 is 63.0 Å². The molecule has 0 radical (unpaired) electrons. The van der Waals surface area contributed by atoms with Crippen molar-refractivity contribution in [3.63, 3.8) is 0 Å². The van der Waals surface area contributed by atoms with Crippen molar-refractivity contribution in [1.29, 1.82) is 0 Å². The third-order valence-corrected chi connectivity index (χ3v) is 8.99. The second-order valence-electron chi connectivity index (χ2n) is 7.97. The fourth-order valence-electron chi connectivity index (χ4n) is 3.59. The van der Waals surface area contributed by atoms with Crippen LogP contribution in [0.5, 0.6) is 0 Å². The van der Waals surface area contributed by atoms with Crippen LogP contribution >= 0.6 is 15.2 Å². The van der Waals surface area contributed by atoms with Crippen LogP contribution in [0.1, 0.15) is 11.9 Å². The molecule has 1 unspecified atom stereocenters. The fourth-order valence-corrected chi connectivity index (χ4v) is 5.58. The molecular weight excluding hydrogens is 550 g/mol. The Morgan fingerprint density at radius 2 is 1.76 bits per heavy atom. The second kappa shape index (κ2) is 9.62. The van der Waals surface area contributed by atoms with Crippen molar-refractivity contribution in [2.75, 3.05) is 6.61 Å². The Morgan fingerprint density at radius 3 is 2.43 bits per heavy atom. The zero-order chi connectivity index (χ0) is 27.3. The number of fused-ring (bicyclic) bond motifs is 1. The molecule has 1 aromatic carbocycles. The third-order valence-electron chi connectivity index (χ3n) is 5.57. The molecule has 2 aromatic heterocycles. The SMILES string of the molecule is O=c1ccn([C@@H]2O[C@H](COP(=O)(O)C(F)(F)P(=O)(O)O)[C@@H](O)[C@H]2O)c(=O)n1Cc1noc2ccccc12. The Hall–Kier alpha value is -2.59. The number of ether oxygens (including phenoxy) is 1. The Morgan fingerprint density at radius 1 is 1.08 bits per heavy atom. The highest BCUT2D eigenvalue weighted by Crippen LogP contribution is 2.73. The number of rotatable bonds is 8. The van der Waals surface area contributed by atoms with Crippen LogP contribution in [0, 0.1) is 0 Å². The summed E-state index contributed by atoms with van der Waals surface area (Å²) in [7, 11) is -12.7. The molecule has 37 heavy (non-hydrogen) atoms. The van der Waals surface area contributed by atoms with Crippen molar-refractivity contribution in [2.45, 2.75) is 36.5 Å². The highest BCUT2D eigenvalue weighted by Gasteiger charge is 2.65. The van der Waals surface area contributed by atoms with E-state index in [1.807, 2.05) is 0 Å². The minimum Gasteiger partial charge on any atom is -0.387 e. The monoisotopic (exact) mass is 569 g/mol. The smallest absolute Gasteiger partial charge is 0.387 e. The predicted molar refractivity (Wildman–Crippen MR) is 117 cm³/mol. The van der Waals surface area contributed by atoms with E-state index in [1.165, 1.54) is 0 Å². The zero-order valence-electron chi connectivity index (χ0n) is 18.3. The molecule has 0 amide bonds. The predicted octanol–water partition coefficient (Wildman–Crippen LogP) is -0.251. The van der Waals surface area contributed by atoms with Gasteiger partial charge in [-0.05, 0) is 12.1 Å². The van der Waals surface area contributed by atoms with E-state index in [9.17, 15) is 42.6 Å². The summed E-state index contributed by atoms with van der Waals surface area (Å²) in [6, 6.07) is 7.58. The number of hydrogen-bond acceptors (Lipinski definition) is 10. The number of benzene rings is 1. The molecule has 0 spiro atoms. The number of halogens is 2. The van der Waals surface area contributed by atoms with Gasteiger partial charge in [0, 0.05) is 17.6 Å². The first-order chi connectivity index (χ1) is 17.2. The highest BCUT2D eigenvalue weighted by molar-refractivity contribution is 7.72. The molecule has 1 saturated heterocycles. The molecule has 0 bridgehead atoms. The average Bonchev–Trinajstić information content (AvgIpc) is 3.35. The zero-order valence-corrected chi connectivity index (χ0v) is 20.1. The molecular formula is C18H19F2N3O12P2. The Labute approximate surface area is 203 Å². The summed E-state index contributed by atoms with van der Waals surface area (Å²) in [4.78, 5) is 52.1. The molecule has 4 rings (SSSR count). The first-order valence-corrected chi connectivity index (χ1v) is 13.4. The van der Waals surface area contributed by atoms with Gasteiger partial charge < -0.3 is 38.7 Å². The standard InChI is InChI=1S/C18H19F2N3O12P2/c19-18(20,36(28,29)30)37(31,32)33-8-12-14(25)15(26)16(34-12)22-6-5-13(24)23(17(22)27)7-10-9-3-1-2-4-11(9)35-21-10/h1-6,12,14-16,25-26H,7-8H2,(H,31,32)(H2,28,29,30)/t12-,14-,15-,16-/m1/s1. The number of aliphatic hydroxyl groups is 2. The minimum atomic E-state index is -6.41. The van der Waals surface area contributed by atoms with Gasteiger partial charge in [0.05, 0.1) is 13.2 Å². The van der Waals surface area contributed by atoms with Crippen molar-refractivity contribution in [2.24, 2.45) is 0 Å². The maximum Gasteiger partial charge on any atom is 0.443 e. The number of aromatic nitrogens is 3. The summed E-state index contributed by atoms with van der Waals surface area (Å²) in [5.74, 6) is 0. The van der Waals surface area contributed by atoms with Crippen molar-refractivity contribution in [3.05, 3.63) is 63.1 Å². The second-order valence-corrected chi connectivity index (χ2v) is 11.8. The largest absolute Gasteiger partial charge is 0.443 e. The summed E-state index contributed by atoms with van der Waals surface area (Å²) >= 11 is 0. The van der Waals surface area contributed by atoms with Crippen LogP contribution in [0.3, 0.4) is 0 Å². The van der Waals surface area contributed by atoms with Crippen LogP contribution in [0.15, 0.2) is 50.6 Å². The molecule has 1 aliphatic heterocycles. The van der Waals surface area contributed by atoms with E-state index in [0.29, 0.717) is 15.5 Å². The quantitative estimate of drug-likeness (QED) is 0.221. The van der Waals surface area contributed by atoms with Crippen LogP contribution in [0.4, 0.5) is 8.78 Å². The third kappa shape index (κ3) is 4.85. The number of alkyl halides is 2. The molecule has 1 fully saturated rings. The lowest BCUT2D eigenvalue weighted by atomic mass is 10.1. The van der Waals surface area contributed by atoms with Gasteiger partial charge in [0.2, 0.25) is 0 Å². The van der Waals surface area contributed by atoms with Crippen LogP contribution in [0.25, 0.3) is 11.0 Å². The molecule has 15 nitrogen and oxygen atoms in total. The van der Waals surface area contributed by atoms with Crippen LogP contribution in [-0.2, 0) is 24.9 Å². The Kier molecular flexibility index (Phi) is 7.13. The fraction of sp³-hybridized carbons (Fsp3) is 0.389. The lowest BCUT2D eigenvalue weighted by molar-refractivity contribution is -0.0551. The van der Waals surface area contributed by atoms with Crippen LogP contribution in [0.2, 0.25) is 0 Å². The van der Waals surface area contributed by atoms with Crippen molar-refractivity contribution >= 4 is 26.2 Å². The molecule has 19 heteroatoms. The molecule has 5 N–H and O–H groups in total. The van der Waals surface area contributed by atoms with Crippen molar-refractivity contribution in [3.8, 4) is 0 Å². The number of aliphatic hydroxyl groups excluding tert-OH is 2. The maximum atomic E-state index is 13.6. The number of hydrogen-bond donors (Lipinski definition) is 5. The topological polar surface area (TPSA) is 224 Å². The minimum absolute atomic E-state index is 0.233. The summed E-state index contributed by atoms with van der Waals surface area (Å²) in [6.07, 6.45) is -6.44. The van der Waals surface area contributed by atoms with Gasteiger partial charge in [0.25, 0.3) is 5.56 Å². The van der Waals surface area contributed by atoms with E-state index in [0.717, 1.165) is 16.8 Å². The summed E-state index contributed by atoms with van der Waals surface area (Å²) in [5, 5.41) is 19.5. The maximum absolute atomic E-state index is 13.6. The number of para-hydroxylation sites is 1. The summed E-state index contributed by atoms with van der Waals surface area (Å²) < 4.78 is 65.8. The molecule has 1 aliphatic rings. The first kappa shape index (κ1) is 27.4. The normalized spacial score (nSPS) is 24.4. The van der Waals surface area contributed by atoms with Gasteiger partial charge in [-0.15, -0.1) is 0 Å². The molecule has 3 heterocycles.